The van der Waals surface area contributed by atoms with E-state index in [1.807, 2.05) is 23.1 Å². The lowest BCUT2D eigenvalue weighted by Crippen LogP contribution is -2.09. The maximum Gasteiger partial charge on any atom is 0.358 e. The SMILES string of the molecule is CCOC(=O)c1cn2ccnc2c(SC)n1.[C-]#[N+]c1cn2ccnc2c(SC)n1. The summed E-state index contributed by atoms with van der Waals surface area (Å²) in [5, 5.41) is 1.51. The fourth-order valence-corrected chi connectivity index (χ4v) is 3.48. The van der Waals surface area contributed by atoms with Crippen molar-refractivity contribution in [3.8, 4) is 0 Å². The molecule has 0 bridgehead atoms. The summed E-state index contributed by atoms with van der Waals surface area (Å²) in [6, 6.07) is 0. The van der Waals surface area contributed by atoms with Gasteiger partial charge in [-0.05, 0) is 19.4 Å². The summed E-state index contributed by atoms with van der Waals surface area (Å²) >= 11 is 2.95. The average Bonchev–Trinajstić information content (AvgIpc) is 3.41. The smallest absolute Gasteiger partial charge is 0.358 e. The Labute approximate surface area is 175 Å². The van der Waals surface area contributed by atoms with Crippen LogP contribution in [0.15, 0.2) is 47.2 Å². The van der Waals surface area contributed by atoms with Crippen molar-refractivity contribution in [3.05, 3.63) is 54.3 Å². The molecular weight excluding hydrogens is 410 g/mol. The fraction of sp³-hybridized carbons (Fsp3) is 0.222. The number of aromatic nitrogens is 6. The van der Waals surface area contributed by atoms with Crippen molar-refractivity contribution in [1.29, 1.82) is 0 Å². The number of hydrogen-bond acceptors (Lipinski definition) is 8. The molecule has 0 aliphatic rings. The van der Waals surface area contributed by atoms with E-state index >= 15 is 0 Å². The average molecular weight is 428 g/mol. The molecule has 0 aliphatic heterocycles. The van der Waals surface area contributed by atoms with Crippen molar-refractivity contribution in [2.75, 3.05) is 19.1 Å². The van der Waals surface area contributed by atoms with Gasteiger partial charge in [-0.3, -0.25) is 0 Å². The molecule has 148 valence electrons. The van der Waals surface area contributed by atoms with Gasteiger partial charge < -0.3 is 18.4 Å². The lowest BCUT2D eigenvalue weighted by atomic mass is 10.4. The minimum absolute atomic E-state index is 0.303. The largest absolute Gasteiger partial charge is 0.461 e. The van der Waals surface area contributed by atoms with E-state index in [0.717, 1.165) is 21.3 Å². The second kappa shape index (κ2) is 9.40. The quantitative estimate of drug-likeness (QED) is 0.277. The van der Waals surface area contributed by atoms with Crippen molar-refractivity contribution < 1.29 is 9.53 Å². The molecule has 4 heterocycles. The molecule has 9 nitrogen and oxygen atoms in total. The number of esters is 1. The van der Waals surface area contributed by atoms with Gasteiger partial charge in [0.1, 0.15) is 5.03 Å². The van der Waals surface area contributed by atoms with Gasteiger partial charge in [0, 0.05) is 37.2 Å². The molecule has 0 aromatic carbocycles. The van der Waals surface area contributed by atoms with Crippen LogP contribution >= 0.6 is 23.5 Å². The number of carbonyl (C=O) groups is 1. The third-order valence-corrected chi connectivity index (χ3v) is 4.98. The highest BCUT2D eigenvalue weighted by Crippen LogP contribution is 2.21. The summed E-state index contributed by atoms with van der Waals surface area (Å²) in [4.78, 5) is 31.5. The third-order valence-electron chi connectivity index (χ3n) is 3.66. The Morgan fingerprint density at radius 3 is 2.21 bits per heavy atom. The van der Waals surface area contributed by atoms with E-state index in [1.165, 1.54) is 23.5 Å². The first-order valence-corrected chi connectivity index (χ1v) is 10.9. The highest BCUT2D eigenvalue weighted by atomic mass is 32.2. The molecule has 0 spiro atoms. The van der Waals surface area contributed by atoms with Crippen LogP contribution in [0, 0.1) is 6.57 Å². The molecule has 0 saturated carbocycles. The second-order valence-electron chi connectivity index (χ2n) is 5.39. The first kappa shape index (κ1) is 20.6. The monoisotopic (exact) mass is 427 g/mol. The summed E-state index contributed by atoms with van der Waals surface area (Å²) in [6.07, 6.45) is 14.1. The van der Waals surface area contributed by atoms with Gasteiger partial charge >= 0.3 is 5.97 Å². The number of hydrogen-bond donors (Lipinski definition) is 0. The first-order chi connectivity index (χ1) is 14.1. The van der Waals surface area contributed by atoms with Crippen LogP contribution < -0.4 is 0 Å². The van der Waals surface area contributed by atoms with Crippen molar-refractivity contribution in [2.45, 2.75) is 17.0 Å². The third kappa shape index (κ3) is 4.49. The van der Waals surface area contributed by atoms with Crippen LogP contribution in [0.4, 0.5) is 5.82 Å². The van der Waals surface area contributed by atoms with E-state index in [0.29, 0.717) is 18.1 Å². The molecule has 0 aliphatic carbocycles. The molecule has 0 fully saturated rings. The minimum atomic E-state index is -0.409. The summed E-state index contributed by atoms with van der Waals surface area (Å²) in [7, 11) is 0. The summed E-state index contributed by atoms with van der Waals surface area (Å²) in [5.41, 5.74) is 1.86. The van der Waals surface area contributed by atoms with Gasteiger partial charge in [0.25, 0.3) is 5.82 Å². The number of fused-ring (bicyclic) bond motifs is 2. The van der Waals surface area contributed by atoms with Crippen LogP contribution in [-0.2, 0) is 4.74 Å². The molecule has 0 atom stereocenters. The molecule has 4 aromatic heterocycles. The van der Waals surface area contributed by atoms with E-state index in [2.05, 4.69) is 24.8 Å². The van der Waals surface area contributed by atoms with Crippen molar-refractivity contribution in [1.82, 2.24) is 28.7 Å². The molecule has 4 aromatic rings. The van der Waals surface area contributed by atoms with E-state index in [1.54, 1.807) is 42.3 Å². The maximum atomic E-state index is 11.6. The first-order valence-electron chi connectivity index (χ1n) is 8.41. The number of nitrogens with zero attached hydrogens (tertiary/aromatic N) is 7. The van der Waals surface area contributed by atoms with Gasteiger partial charge in [0.2, 0.25) is 5.03 Å². The Bertz CT molecular complexity index is 1200. The van der Waals surface area contributed by atoms with E-state index in [9.17, 15) is 4.79 Å². The maximum absolute atomic E-state index is 11.6. The van der Waals surface area contributed by atoms with E-state index < -0.39 is 5.97 Å². The van der Waals surface area contributed by atoms with Crippen molar-refractivity contribution >= 4 is 46.6 Å². The predicted octanol–water partition coefficient (Wildman–Crippen LogP) is 3.63. The molecule has 0 radical (unpaired) electrons. The highest BCUT2D eigenvalue weighted by Gasteiger charge is 2.13. The van der Waals surface area contributed by atoms with E-state index in [-0.39, 0.29) is 0 Å². The lowest BCUT2D eigenvalue weighted by molar-refractivity contribution is 0.0518. The summed E-state index contributed by atoms with van der Waals surface area (Å²) in [5.74, 6) is -0.0109. The zero-order chi connectivity index (χ0) is 20.8. The molecule has 0 saturated heterocycles. The van der Waals surface area contributed by atoms with Crippen LogP contribution in [0.1, 0.15) is 17.4 Å². The Morgan fingerprint density at radius 1 is 1.07 bits per heavy atom. The Morgan fingerprint density at radius 2 is 1.66 bits per heavy atom. The molecule has 0 amide bonds. The molecular formula is C18H17N7O2S2. The molecule has 0 N–H and O–H groups in total. The minimum Gasteiger partial charge on any atom is -0.461 e. The zero-order valence-electron chi connectivity index (χ0n) is 15.9. The van der Waals surface area contributed by atoms with Crippen LogP contribution in [0.3, 0.4) is 0 Å². The Balaban J connectivity index is 0.000000169. The van der Waals surface area contributed by atoms with Crippen LogP contribution in [-0.4, -0.2) is 53.8 Å². The number of thioether (sulfide) groups is 2. The van der Waals surface area contributed by atoms with Gasteiger partial charge in [0.05, 0.1) is 6.61 Å². The Hall–Kier alpha value is -3.10. The fourth-order valence-electron chi connectivity index (χ4n) is 2.42. The summed E-state index contributed by atoms with van der Waals surface area (Å²) < 4.78 is 8.49. The van der Waals surface area contributed by atoms with Crippen LogP contribution in [0.25, 0.3) is 16.1 Å². The van der Waals surface area contributed by atoms with Gasteiger partial charge in [-0.2, -0.15) is 0 Å². The van der Waals surface area contributed by atoms with Crippen LogP contribution in [0.5, 0.6) is 0 Å². The highest BCUT2D eigenvalue weighted by molar-refractivity contribution is 7.98. The summed E-state index contributed by atoms with van der Waals surface area (Å²) in [6.45, 7) is 8.97. The topological polar surface area (TPSA) is 91.0 Å². The number of rotatable bonds is 4. The molecule has 29 heavy (non-hydrogen) atoms. The van der Waals surface area contributed by atoms with Crippen LogP contribution in [0.2, 0.25) is 0 Å². The van der Waals surface area contributed by atoms with Gasteiger partial charge in [0.15, 0.2) is 17.0 Å². The molecule has 11 heteroatoms. The number of imidazole rings is 2. The zero-order valence-corrected chi connectivity index (χ0v) is 17.6. The number of ether oxygens (including phenoxy) is 1. The van der Waals surface area contributed by atoms with Gasteiger partial charge in [-0.1, -0.05) is 18.3 Å². The normalized spacial score (nSPS) is 10.4. The van der Waals surface area contributed by atoms with Gasteiger partial charge in [-0.25, -0.2) is 19.7 Å². The predicted molar refractivity (Wildman–Crippen MR) is 112 cm³/mol. The van der Waals surface area contributed by atoms with E-state index in [4.69, 9.17) is 11.3 Å². The van der Waals surface area contributed by atoms with Gasteiger partial charge in [-0.15, -0.1) is 16.7 Å². The lowest BCUT2D eigenvalue weighted by Gasteiger charge is -2.04. The molecule has 0 unspecified atom stereocenters. The Kier molecular flexibility index (Phi) is 6.69. The number of carbonyl (C=O) groups excluding carboxylic acids is 1. The standard InChI is InChI=1S/C10H11N3O2S.C8H6N4S/c1-3-15-10(14)7-6-13-5-4-11-8(13)9(12-7)16-2;1-9-6-5-12-4-3-10-7(12)8(11-6)13-2/h4-6H,3H2,1-2H3;3-5H,2H3. The van der Waals surface area contributed by atoms with Crippen molar-refractivity contribution in [2.24, 2.45) is 0 Å². The van der Waals surface area contributed by atoms with Crippen molar-refractivity contribution in [3.63, 3.8) is 0 Å². The second-order valence-corrected chi connectivity index (χ2v) is 6.98. The molecule has 4 rings (SSSR count).